The highest BCUT2D eigenvalue weighted by molar-refractivity contribution is 5.77. The first-order valence-corrected chi connectivity index (χ1v) is 4.03. The van der Waals surface area contributed by atoms with Gasteiger partial charge in [-0.05, 0) is 19.3 Å². The van der Waals surface area contributed by atoms with E-state index in [1.54, 1.807) is 0 Å². The molecule has 1 aliphatic carbocycles. The van der Waals surface area contributed by atoms with Gasteiger partial charge in [0.25, 0.3) is 0 Å². The Morgan fingerprint density at radius 1 is 1.69 bits per heavy atom. The van der Waals surface area contributed by atoms with Crippen molar-refractivity contribution >= 4 is 5.97 Å². The summed E-state index contributed by atoms with van der Waals surface area (Å²) >= 11 is 0. The van der Waals surface area contributed by atoms with Gasteiger partial charge in [0.2, 0.25) is 0 Å². The van der Waals surface area contributed by atoms with Crippen molar-refractivity contribution in [3.63, 3.8) is 0 Å². The van der Waals surface area contributed by atoms with Crippen LogP contribution in [0.3, 0.4) is 0 Å². The Bertz CT molecular complexity index is 388. The van der Waals surface area contributed by atoms with Crippen molar-refractivity contribution < 1.29 is 9.90 Å². The van der Waals surface area contributed by atoms with E-state index in [1.807, 2.05) is 0 Å². The minimum absolute atomic E-state index is 0.456. The lowest BCUT2D eigenvalue weighted by atomic mass is 9.76. The predicted octanol–water partition coefficient (Wildman–Crippen LogP) is -0.465. The molecule has 0 aromatic carbocycles. The molecule has 1 aromatic heterocycles. The predicted molar refractivity (Wildman–Crippen MR) is 42.3 cm³/mol. The van der Waals surface area contributed by atoms with Gasteiger partial charge in [0, 0.05) is 0 Å². The number of hydrogen-bond donors (Lipinski definition) is 2. The van der Waals surface area contributed by atoms with Crippen LogP contribution in [0.1, 0.15) is 19.3 Å². The summed E-state index contributed by atoms with van der Waals surface area (Å²) in [5.74, 6) is -0.956. The zero-order valence-corrected chi connectivity index (χ0v) is 6.86. The summed E-state index contributed by atoms with van der Waals surface area (Å²) in [6.45, 7) is 0. The van der Waals surface area contributed by atoms with Crippen LogP contribution in [-0.2, 0) is 10.3 Å². The Morgan fingerprint density at radius 2 is 2.38 bits per heavy atom. The number of hydrogen-bond acceptors (Lipinski definition) is 3. The van der Waals surface area contributed by atoms with Gasteiger partial charge in [0.15, 0.2) is 0 Å². The highest BCUT2D eigenvalue weighted by atomic mass is 16.4. The standard InChI is InChI=1S/C7H9N3O3/c11-5(12)7(2-1-3-7)10-4-8-9-6(10)13/h4H,1-3H2,(H,9,13)(H,11,12). The molecule has 0 bridgehead atoms. The maximum Gasteiger partial charge on any atom is 0.344 e. The molecular weight excluding hydrogens is 174 g/mol. The van der Waals surface area contributed by atoms with Crippen molar-refractivity contribution in [1.82, 2.24) is 14.8 Å². The first kappa shape index (κ1) is 8.03. The number of nitrogens with one attached hydrogen (secondary N) is 1. The molecule has 0 saturated heterocycles. The molecule has 6 nitrogen and oxygen atoms in total. The Labute approximate surface area is 73.2 Å². The SMILES string of the molecule is O=C(O)C1(n2cn[nH]c2=O)CCC1. The zero-order chi connectivity index (χ0) is 9.47. The summed E-state index contributed by atoms with van der Waals surface area (Å²) in [4.78, 5) is 22.1. The number of nitrogens with zero attached hydrogens (tertiary/aromatic N) is 2. The van der Waals surface area contributed by atoms with Crippen molar-refractivity contribution in [3.05, 3.63) is 16.8 Å². The van der Waals surface area contributed by atoms with Crippen molar-refractivity contribution in [2.75, 3.05) is 0 Å². The average Bonchev–Trinajstić information content (AvgIpc) is 2.34. The Morgan fingerprint density at radius 3 is 2.69 bits per heavy atom. The molecule has 1 fully saturated rings. The van der Waals surface area contributed by atoms with Gasteiger partial charge in [-0.1, -0.05) is 0 Å². The first-order chi connectivity index (χ1) is 6.17. The highest BCUT2D eigenvalue weighted by Gasteiger charge is 2.47. The highest BCUT2D eigenvalue weighted by Crippen LogP contribution is 2.38. The number of aromatic nitrogens is 3. The van der Waals surface area contributed by atoms with Crippen LogP contribution in [0.15, 0.2) is 11.1 Å². The lowest BCUT2D eigenvalue weighted by Gasteiger charge is -2.37. The minimum atomic E-state index is -1.04. The molecule has 0 radical (unpaired) electrons. The van der Waals surface area contributed by atoms with Gasteiger partial charge in [-0.25, -0.2) is 14.7 Å². The van der Waals surface area contributed by atoms with E-state index in [1.165, 1.54) is 10.9 Å². The van der Waals surface area contributed by atoms with E-state index in [4.69, 9.17) is 5.11 Å². The normalized spacial score (nSPS) is 19.4. The number of carbonyl (C=O) groups is 1. The molecule has 13 heavy (non-hydrogen) atoms. The van der Waals surface area contributed by atoms with Gasteiger partial charge in [-0.3, -0.25) is 4.57 Å². The fraction of sp³-hybridized carbons (Fsp3) is 0.571. The molecule has 1 heterocycles. The van der Waals surface area contributed by atoms with Crippen LogP contribution < -0.4 is 5.69 Å². The molecule has 70 valence electrons. The molecule has 1 aromatic rings. The summed E-state index contributed by atoms with van der Waals surface area (Å²) < 4.78 is 1.17. The Balaban J connectivity index is 2.49. The lowest BCUT2D eigenvalue weighted by Crippen LogP contribution is -2.51. The van der Waals surface area contributed by atoms with Gasteiger partial charge in [-0.2, -0.15) is 5.10 Å². The molecule has 0 atom stereocenters. The second-order valence-electron chi connectivity index (χ2n) is 3.22. The third-order valence-corrected chi connectivity index (χ3v) is 2.59. The lowest BCUT2D eigenvalue weighted by molar-refractivity contribution is -0.152. The Kier molecular flexibility index (Phi) is 1.51. The van der Waals surface area contributed by atoms with Crippen LogP contribution in [0, 0.1) is 0 Å². The van der Waals surface area contributed by atoms with Crippen LogP contribution in [0.4, 0.5) is 0 Å². The Hall–Kier alpha value is -1.59. The third-order valence-electron chi connectivity index (χ3n) is 2.59. The van der Waals surface area contributed by atoms with E-state index in [0.29, 0.717) is 12.8 Å². The number of aromatic amines is 1. The number of aliphatic carboxylic acids is 1. The summed E-state index contributed by atoms with van der Waals surface area (Å²) in [6, 6.07) is 0. The summed E-state index contributed by atoms with van der Waals surface area (Å²) in [5.41, 5.74) is -1.49. The zero-order valence-electron chi connectivity index (χ0n) is 6.86. The van der Waals surface area contributed by atoms with Crippen LogP contribution >= 0.6 is 0 Å². The van der Waals surface area contributed by atoms with Gasteiger partial charge in [0.05, 0.1) is 0 Å². The fourth-order valence-corrected chi connectivity index (χ4v) is 1.62. The van der Waals surface area contributed by atoms with Crippen LogP contribution in [0.5, 0.6) is 0 Å². The summed E-state index contributed by atoms with van der Waals surface area (Å²) in [5, 5.41) is 14.7. The van der Waals surface area contributed by atoms with Gasteiger partial charge in [0.1, 0.15) is 11.9 Å². The van der Waals surface area contributed by atoms with Gasteiger partial charge in [-0.15, -0.1) is 0 Å². The van der Waals surface area contributed by atoms with E-state index in [2.05, 4.69) is 10.2 Å². The summed E-state index contributed by atoms with van der Waals surface area (Å²) in [6.07, 6.45) is 3.09. The molecule has 1 saturated carbocycles. The molecule has 2 N–H and O–H groups in total. The summed E-state index contributed by atoms with van der Waals surface area (Å²) in [7, 11) is 0. The molecular formula is C7H9N3O3. The van der Waals surface area contributed by atoms with Crippen molar-refractivity contribution in [2.24, 2.45) is 0 Å². The third kappa shape index (κ3) is 0.912. The number of rotatable bonds is 2. The van der Waals surface area contributed by atoms with Crippen molar-refractivity contribution in [3.8, 4) is 0 Å². The molecule has 1 aliphatic rings. The van der Waals surface area contributed by atoms with Crippen LogP contribution in [0.2, 0.25) is 0 Å². The van der Waals surface area contributed by atoms with E-state index >= 15 is 0 Å². The van der Waals surface area contributed by atoms with Crippen LogP contribution in [-0.4, -0.2) is 25.8 Å². The molecule has 0 aliphatic heterocycles. The maximum atomic E-state index is 11.1. The fourth-order valence-electron chi connectivity index (χ4n) is 1.62. The number of H-pyrrole nitrogens is 1. The molecule has 0 spiro atoms. The van der Waals surface area contributed by atoms with Gasteiger partial charge >= 0.3 is 11.7 Å². The monoisotopic (exact) mass is 183 g/mol. The molecule has 6 heteroatoms. The van der Waals surface area contributed by atoms with E-state index in [0.717, 1.165) is 6.42 Å². The van der Waals surface area contributed by atoms with Crippen molar-refractivity contribution in [1.29, 1.82) is 0 Å². The van der Waals surface area contributed by atoms with Crippen LogP contribution in [0.25, 0.3) is 0 Å². The van der Waals surface area contributed by atoms with Crippen molar-refractivity contribution in [2.45, 2.75) is 24.8 Å². The molecule has 0 unspecified atom stereocenters. The first-order valence-electron chi connectivity index (χ1n) is 4.03. The van der Waals surface area contributed by atoms with Gasteiger partial charge < -0.3 is 5.11 Å². The minimum Gasteiger partial charge on any atom is -0.479 e. The second-order valence-corrected chi connectivity index (χ2v) is 3.22. The maximum absolute atomic E-state index is 11.1. The van der Waals surface area contributed by atoms with E-state index < -0.39 is 17.2 Å². The largest absolute Gasteiger partial charge is 0.479 e. The quantitative estimate of drug-likeness (QED) is 0.649. The smallest absolute Gasteiger partial charge is 0.344 e. The molecule has 0 amide bonds. The van der Waals surface area contributed by atoms with E-state index in [9.17, 15) is 9.59 Å². The number of carboxylic acid groups (broad SMARTS) is 1. The average molecular weight is 183 g/mol. The molecule has 2 rings (SSSR count). The second kappa shape index (κ2) is 2.45. The van der Waals surface area contributed by atoms with E-state index in [-0.39, 0.29) is 0 Å². The number of carboxylic acids is 1. The topological polar surface area (TPSA) is 88.0 Å².